The van der Waals surface area contributed by atoms with Gasteiger partial charge in [-0.15, -0.1) is 0 Å². The molecule has 7 heteroatoms. The Hall–Kier alpha value is -2.83. The summed E-state index contributed by atoms with van der Waals surface area (Å²) in [6.07, 6.45) is 2.50. The highest BCUT2D eigenvalue weighted by atomic mass is 35.5. The average Bonchev–Trinajstić information content (AvgIpc) is 2.73. The summed E-state index contributed by atoms with van der Waals surface area (Å²) in [6.45, 7) is 1.80. The van der Waals surface area contributed by atoms with Gasteiger partial charge < -0.3 is 19.1 Å². The van der Waals surface area contributed by atoms with Gasteiger partial charge in [-0.05, 0) is 35.9 Å². The predicted octanol–water partition coefficient (Wildman–Crippen LogP) is 4.08. The number of hydrogen-bond donors (Lipinski definition) is 0. The molecule has 0 aromatic heterocycles. The van der Waals surface area contributed by atoms with E-state index in [1.165, 1.54) is 24.2 Å². The Labute approximate surface area is 168 Å². The van der Waals surface area contributed by atoms with Crippen molar-refractivity contribution in [3.05, 3.63) is 64.7 Å². The van der Waals surface area contributed by atoms with Crippen molar-refractivity contribution in [3.63, 3.8) is 0 Å². The van der Waals surface area contributed by atoms with Crippen LogP contribution in [0.1, 0.15) is 15.9 Å². The highest BCUT2D eigenvalue weighted by molar-refractivity contribution is 6.32. The second-order valence-electron chi connectivity index (χ2n) is 6.05. The molecule has 3 rings (SSSR count). The van der Waals surface area contributed by atoms with Crippen molar-refractivity contribution < 1.29 is 23.8 Å². The number of methoxy groups -OCH3 is 1. The summed E-state index contributed by atoms with van der Waals surface area (Å²) in [5.41, 5.74) is 0.976. The van der Waals surface area contributed by atoms with Crippen molar-refractivity contribution in [1.29, 1.82) is 0 Å². The zero-order chi connectivity index (χ0) is 19.9. The Bertz CT molecular complexity index is 890. The van der Waals surface area contributed by atoms with Crippen molar-refractivity contribution in [2.75, 3.05) is 33.4 Å². The topological polar surface area (TPSA) is 65.1 Å². The Kier molecular flexibility index (Phi) is 6.68. The van der Waals surface area contributed by atoms with Gasteiger partial charge in [0, 0.05) is 24.2 Å². The van der Waals surface area contributed by atoms with Crippen LogP contribution in [0.25, 0.3) is 6.08 Å². The lowest BCUT2D eigenvalue weighted by atomic mass is 10.1. The molecule has 1 aliphatic heterocycles. The monoisotopic (exact) mass is 401 g/mol. The van der Waals surface area contributed by atoms with Gasteiger partial charge in [0.25, 0.3) is 0 Å². The number of morpholine rings is 1. The maximum absolute atomic E-state index is 12.7. The molecule has 0 N–H and O–H groups in total. The molecule has 0 aliphatic carbocycles. The third-order valence-corrected chi connectivity index (χ3v) is 4.58. The van der Waals surface area contributed by atoms with Crippen LogP contribution in [0, 0.1) is 0 Å². The van der Waals surface area contributed by atoms with E-state index >= 15 is 0 Å². The van der Waals surface area contributed by atoms with Crippen LogP contribution in [0.4, 0.5) is 4.79 Å². The van der Waals surface area contributed by atoms with Gasteiger partial charge >= 0.3 is 6.09 Å². The molecule has 2 aromatic carbocycles. The Morgan fingerprint density at radius 1 is 1.14 bits per heavy atom. The van der Waals surface area contributed by atoms with E-state index in [-0.39, 0.29) is 17.1 Å². The van der Waals surface area contributed by atoms with Gasteiger partial charge in [-0.25, -0.2) is 4.79 Å². The zero-order valence-electron chi connectivity index (χ0n) is 15.4. The smallest absolute Gasteiger partial charge is 0.415 e. The first-order valence-corrected chi connectivity index (χ1v) is 9.16. The number of allylic oxidation sites excluding steroid dienone is 1. The summed E-state index contributed by atoms with van der Waals surface area (Å²) < 4.78 is 15.9. The van der Waals surface area contributed by atoms with Crippen molar-refractivity contribution in [3.8, 4) is 11.5 Å². The van der Waals surface area contributed by atoms with E-state index in [4.69, 9.17) is 25.8 Å². The molecular formula is C21H20ClNO5. The molecule has 0 saturated carbocycles. The highest BCUT2D eigenvalue weighted by Gasteiger charge is 2.21. The van der Waals surface area contributed by atoms with Gasteiger partial charge in [-0.3, -0.25) is 4.79 Å². The first kappa shape index (κ1) is 19.9. The fraction of sp³-hybridized carbons (Fsp3) is 0.238. The highest BCUT2D eigenvalue weighted by Crippen LogP contribution is 2.27. The number of benzene rings is 2. The predicted molar refractivity (Wildman–Crippen MR) is 106 cm³/mol. The number of ketones is 1. The molecule has 1 aliphatic rings. The van der Waals surface area contributed by atoms with Gasteiger partial charge in [0.15, 0.2) is 5.78 Å². The summed E-state index contributed by atoms with van der Waals surface area (Å²) in [6, 6.07) is 11.9. The molecule has 0 spiro atoms. The second kappa shape index (κ2) is 9.39. The summed E-state index contributed by atoms with van der Waals surface area (Å²) in [7, 11) is 1.50. The largest absolute Gasteiger partial charge is 0.497 e. The lowest BCUT2D eigenvalue weighted by molar-refractivity contribution is 0.0415. The number of amides is 1. The summed E-state index contributed by atoms with van der Waals surface area (Å²) in [4.78, 5) is 26.7. The van der Waals surface area contributed by atoms with Crippen LogP contribution in [0.15, 0.2) is 48.5 Å². The molecular weight excluding hydrogens is 382 g/mol. The molecule has 0 radical (unpaired) electrons. The van der Waals surface area contributed by atoms with Crippen molar-refractivity contribution >= 4 is 29.6 Å². The number of carbonyl (C=O) groups excluding carboxylic acids is 2. The molecule has 6 nitrogen and oxygen atoms in total. The maximum Gasteiger partial charge on any atom is 0.415 e. The minimum Gasteiger partial charge on any atom is -0.497 e. The van der Waals surface area contributed by atoms with E-state index in [2.05, 4.69) is 0 Å². The van der Waals surface area contributed by atoms with Crippen LogP contribution in [0.5, 0.6) is 11.5 Å². The van der Waals surface area contributed by atoms with Crippen molar-refractivity contribution in [2.24, 2.45) is 0 Å². The van der Waals surface area contributed by atoms with Crippen LogP contribution >= 0.6 is 11.6 Å². The van der Waals surface area contributed by atoms with Crippen LogP contribution < -0.4 is 9.47 Å². The zero-order valence-corrected chi connectivity index (χ0v) is 16.1. The number of nitrogens with zero attached hydrogens (tertiary/aromatic N) is 1. The van der Waals surface area contributed by atoms with E-state index in [1.807, 2.05) is 12.1 Å². The van der Waals surface area contributed by atoms with E-state index in [0.717, 1.165) is 5.56 Å². The lowest BCUT2D eigenvalue weighted by Crippen LogP contribution is -2.42. The average molecular weight is 402 g/mol. The SMILES string of the molecule is COc1ccc(C(=O)C=Cc2ccccc2Cl)c(OC(=O)N2CCOCC2)c1. The third kappa shape index (κ3) is 4.91. The van der Waals surface area contributed by atoms with Crippen LogP contribution in [-0.4, -0.2) is 50.2 Å². The molecule has 28 heavy (non-hydrogen) atoms. The molecule has 0 bridgehead atoms. The summed E-state index contributed by atoms with van der Waals surface area (Å²) in [5, 5.41) is 0.542. The standard InChI is InChI=1S/C21H20ClNO5/c1-26-16-7-8-17(19(24)9-6-15-4-2-3-5-18(15)22)20(14-16)28-21(25)23-10-12-27-13-11-23/h2-9,14H,10-13H2,1H3. The van der Waals surface area contributed by atoms with Gasteiger partial charge in [0.05, 0.1) is 25.9 Å². The minimum absolute atomic E-state index is 0.143. The van der Waals surface area contributed by atoms with E-state index in [9.17, 15) is 9.59 Å². The van der Waals surface area contributed by atoms with Gasteiger partial charge in [0.1, 0.15) is 11.5 Å². The number of rotatable bonds is 5. The molecule has 1 heterocycles. The van der Waals surface area contributed by atoms with Crippen LogP contribution in [0.3, 0.4) is 0 Å². The van der Waals surface area contributed by atoms with Crippen molar-refractivity contribution in [2.45, 2.75) is 0 Å². The molecule has 0 unspecified atom stereocenters. The maximum atomic E-state index is 12.7. The molecule has 1 saturated heterocycles. The van der Waals surface area contributed by atoms with Crippen LogP contribution in [0.2, 0.25) is 5.02 Å². The summed E-state index contributed by atoms with van der Waals surface area (Å²) >= 11 is 6.12. The third-order valence-electron chi connectivity index (χ3n) is 4.24. The molecule has 1 amide bonds. The minimum atomic E-state index is -0.527. The van der Waals surface area contributed by atoms with Gasteiger partial charge in [0.2, 0.25) is 0 Å². The number of hydrogen-bond acceptors (Lipinski definition) is 5. The Balaban J connectivity index is 1.82. The number of carbonyl (C=O) groups is 2. The molecule has 0 atom stereocenters. The van der Waals surface area contributed by atoms with E-state index in [1.54, 1.807) is 30.3 Å². The van der Waals surface area contributed by atoms with Gasteiger partial charge in [-0.1, -0.05) is 29.8 Å². The molecule has 2 aromatic rings. The van der Waals surface area contributed by atoms with Crippen molar-refractivity contribution in [1.82, 2.24) is 4.90 Å². The summed E-state index contributed by atoms with van der Waals surface area (Å²) in [5.74, 6) is 0.313. The molecule has 1 fully saturated rings. The fourth-order valence-corrected chi connectivity index (χ4v) is 2.89. The quantitative estimate of drug-likeness (QED) is 0.558. The Morgan fingerprint density at radius 2 is 1.89 bits per heavy atom. The van der Waals surface area contributed by atoms with Gasteiger partial charge in [-0.2, -0.15) is 0 Å². The first-order valence-electron chi connectivity index (χ1n) is 8.78. The Morgan fingerprint density at radius 3 is 2.61 bits per heavy atom. The van der Waals surface area contributed by atoms with Crippen LogP contribution in [-0.2, 0) is 4.74 Å². The normalized spacial score (nSPS) is 14.1. The molecule has 146 valence electrons. The van der Waals surface area contributed by atoms with E-state index < -0.39 is 6.09 Å². The fourth-order valence-electron chi connectivity index (χ4n) is 2.69. The number of halogens is 1. The second-order valence-corrected chi connectivity index (χ2v) is 6.46. The van der Waals surface area contributed by atoms with E-state index in [0.29, 0.717) is 37.1 Å². The lowest BCUT2D eigenvalue weighted by Gasteiger charge is -2.26. The first-order chi connectivity index (χ1) is 13.6. The number of ether oxygens (including phenoxy) is 3.